The highest BCUT2D eigenvalue weighted by molar-refractivity contribution is 5.90. The Hall–Kier alpha value is -1.36. The van der Waals surface area contributed by atoms with Crippen LogP contribution in [-0.4, -0.2) is 33.7 Å². The summed E-state index contributed by atoms with van der Waals surface area (Å²) in [6.45, 7) is 5.78. The molecule has 2 atom stereocenters. The number of carboxylic acids is 1. The van der Waals surface area contributed by atoms with Crippen LogP contribution in [0.2, 0.25) is 0 Å². The molecule has 3 N–H and O–H groups in total. The van der Waals surface area contributed by atoms with Crippen molar-refractivity contribution < 1.29 is 19.8 Å². The molecular weight excluding hydrogens is 174 g/mol. The highest BCUT2D eigenvalue weighted by Crippen LogP contribution is 2.04. The SMILES string of the molecule is C=CC(C)(O)C(=O)N[C@H](C)C(=O)O. The summed E-state index contributed by atoms with van der Waals surface area (Å²) in [5.74, 6) is -1.94. The standard InChI is InChI=1S/C8H13NO4/c1-4-8(3,13)7(12)9-5(2)6(10)11/h4-5,13H,1H2,2-3H3,(H,9,12)(H,10,11)/t5-,8?/m1/s1. The second-order valence-corrected chi connectivity index (χ2v) is 2.89. The molecule has 0 rings (SSSR count). The lowest BCUT2D eigenvalue weighted by atomic mass is 10.1. The third-order valence-electron chi connectivity index (χ3n) is 1.58. The lowest BCUT2D eigenvalue weighted by molar-refractivity contribution is -0.144. The van der Waals surface area contributed by atoms with Crippen molar-refractivity contribution in [2.24, 2.45) is 0 Å². The molecule has 13 heavy (non-hydrogen) atoms. The van der Waals surface area contributed by atoms with Gasteiger partial charge >= 0.3 is 5.97 Å². The van der Waals surface area contributed by atoms with Crippen LogP contribution in [0.5, 0.6) is 0 Å². The number of aliphatic carboxylic acids is 1. The number of carboxylic acid groups (broad SMARTS) is 1. The average molecular weight is 187 g/mol. The third-order valence-corrected chi connectivity index (χ3v) is 1.58. The summed E-state index contributed by atoms with van der Waals surface area (Å²) in [4.78, 5) is 21.4. The van der Waals surface area contributed by atoms with E-state index < -0.39 is 23.5 Å². The van der Waals surface area contributed by atoms with Gasteiger partial charge in [0, 0.05) is 0 Å². The van der Waals surface area contributed by atoms with Crippen molar-refractivity contribution >= 4 is 11.9 Å². The molecule has 0 heterocycles. The van der Waals surface area contributed by atoms with E-state index in [0.717, 1.165) is 6.08 Å². The minimum atomic E-state index is -1.73. The summed E-state index contributed by atoms with van der Waals surface area (Å²) in [5, 5.41) is 19.9. The van der Waals surface area contributed by atoms with E-state index in [-0.39, 0.29) is 0 Å². The molecule has 1 amide bonds. The molecule has 0 aromatic carbocycles. The van der Waals surface area contributed by atoms with Crippen LogP contribution >= 0.6 is 0 Å². The summed E-state index contributed by atoms with van der Waals surface area (Å²) in [6.07, 6.45) is 1.04. The summed E-state index contributed by atoms with van der Waals surface area (Å²) in [7, 11) is 0. The molecule has 0 aromatic heterocycles. The first-order chi connectivity index (χ1) is 5.81. The molecule has 0 bridgehead atoms. The van der Waals surface area contributed by atoms with Gasteiger partial charge in [0.1, 0.15) is 6.04 Å². The number of carbonyl (C=O) groups excluding carboxylic acids is 1. The smallest absolute Gasteiger partial charge is 0.325 e. The number of aliphatic hydroxyl groups is 1. The first-order valence-electron chi connectivity index (χ1n) is 3.71. The quantitative estimate of drug-likeness (QED) is 0.518. The number of hydrogen-bond acceptors (Lipinski definition) is 3. The summed E-state index contributed by atoms with van der Waals surface area (Å²) in [5.41, 5.74) is -1.73. The van der Waals surface area contributed by atoms with Gasteiger partial charge in [0.2, 0.25) is 0 Å². The lowest BCUT2D eigenvalue weighted by Gasteiger charge is -2.19. The number of rotatable bonds is 4. The van der Waals surface area contributed by atoms with Crippen molar-refractivity contribution in [3.05, 3.63) is 12.7 Å². The molecule has 74 valence electrons. The predicted octanol–water partition coefficient (Wildman–Crippen LogP) is -0.487. The van der Waals surface area contributed by atoms with Gasteiger partial charge in [-0.2, -0.15) is 0 Å². The average Bonchev–Trinajstić information content (AvgIpc) is 2.04. The van der Waals surface area contributed by atoms with Gasteiger partial charge in [0.05, 0.1) is 0 Å². The molecule has 0 aliphatic rings. The number of hydrogen-bond donors (Lipinski definition) is 3. The molecule has 0 aliphatic heterocycles. The maximum atomic E-state index is 11.1. The van der Waals surface area contributed by atoms with Gasteiger partial charge in [-0.05, 0) is 13.8 Å². The molecule has 1 unspecified atom stereocenters. The zero-order valence-corrected chi connectivity index (χ0v) is 7.57. The molecule has 5 heteroatoms. The number of nitrogens with one attached hydrogen (secondary N) is 1. The molecule has 0 saturated carbocycles. The van der Waals surface area contributed by atoms with Crippen molar-refractivity contribution in [3.8, 4) is 0 Å². The molecule has 0 radical (unpaired) electrons. The van der Waals surface area contributed by atoms with Gasteiger partial charge in [-0.15, -0.1) is 0 Å². The Morgan fingerprint density at radius 2 is 2.08 bits per heavy atom. The fraction of sp³-hybridized carbons (Fsp3) is 0.500. The minimum Gasteiger partial charge on any atom is -0.480 e. The second-order valence-electron chi connectivity index (χ2n) is 2.89. The zero-order chi connectivity index (χ0) is 10.6. The molecule has 0 fully saturated rings. The molecule has 0 spiro atoms. The van der Waals surface area contributed by atoms with E-state index in [2.05, 4.69) is 11.9 Å². The summed E-state index contributed by atoms with van der Waals surface area (Å²) < 4.78 is 0. The summed E-state index contributed by atoms with van der Waals surface area (Å²) in [6, 6.07) is -1.03. The zero-order valence-electron chi connectivity index (χ0n) is 7.57. The van der Waals surface area contributed by atoms with Crippen molar-refractivity contribution in [2.75, 3.05) is 0 Å². The first kappa shape index (κ1) is 11.6. The van der Waals surface area contributed by atoms with E-state index in [0.29, 0.717) is 0 Å². The van der Waals surface area contributed by atoms with Crippen molar-refractivity contribution in [2.45, 2.75) is 25.5 Å². The monoisotopic (exact) mass is 187 g/mol. The van der Waals surface area contributed by atoms with Crippen LogP contribution in [0.4, 0.5) is 0 Å². The maximum Gasteiger partial charge on any atom is 0.325 e. The second kappa shape index (κ2) is 4.04. The minimum absolute atomic E-state index is 0.780. The lowest BCUT2D eigenvalue weighted by Crippen LogP contribution is -2.48. The van der Waals surface area contributed by atoms with Crippen LogP contribution in [0, 0.1) is 0 Å². The molecule has 0 saturated heterocycles. The Morgan fingerprint density at radius 1 is 1.62 bits per heavy atom. The van der Waals surface area contributed by atoms with E-state index in [4.69, 9.17) is 5.11 Å². The van der Waals surface area contributed by atoms with Gasteiger partial charge in [-0.3, -0.25) is 9.59 Å². The van der Waals surface area contributed by atoms with Crippen LogP contribution in [0.1, 0.15) is 13.8 Å². The van der Waals surface area contributed by atoms with Crippen molar-refractivity contribution in [3.63, 3.8) is 0 Å². The maximum absolute atomic E-state index is 11.1. The van der Waals surface area contributed by atoms with E-state index in [9.17, 15) is 14.7 Å². The largest absolute Gasteiger partial charge is 0.480 e. The first-order valence-corrected chi connectivity index (χ1v) is 3.71. The Kier molecular flexibility index (Phi) is 3.62. The van der Waals surface area contributed by atoms with Crippen LogP contribution < -0.4 is 5.32 Å². The van der Waals surface area contributed by atoms with Crippen molar-refractivity contribution in [1.82, 2.24) is 5.32 Å². The van der Waals surface area contributed by atoms with Gasteiger partial charge in [-0.25, -0.2) is 0 Å². The molecular formula is C8H13NO4. The van der Waals surface area contributed by atoms with Gasteiger partial charge < -0.3 is 15.5 Å². The van der Waals surface area contributed by atoms with E-state index >= 15 is 0 Å². The van der Waals surface area contributed by atoms with E-state index in [1.54, 1.807) is 0 Å². The van der Waals surface area contributed by atoms with E-state index in [1.807, 2.05) is 0 Å². The topological polar surface area (TPSA) is 86.6 Å². The Morgan fingerprint density at radius 3 is 2.38 bits per heavy atom. The molecule has 0 aromatic rings. The molecule has 0 aliphatic carbocycles. The normalized spacial score (nSPS) is 16.8. The van der Waals surface area contributed by atoms with Gasteiger partial charge in [0.15, 0.2) is 5.60 Å². The van der Waals surface area contributed by atoms with Crippen molar-refractivity contribution in [1.29, 1.82) is 0 Å². The Bertz CT molecular complexity index is 234. The number of carbonyl (C=O) groups is 2. The van der Waals surface area contributed by atoms with Crippen LogP contribution in [0.3, 0.4) is 0 Å². The fourth-order valence-corrected chi connectivity index (χ4v) is 0.497. The molecule has 5 nitrogen and oxygen atoms in total. The number of amides is 1. The van der Waals surface area contributed by atoms with Crippen LogP contribution in [0.25, 0.3) is 0 Å². The summed E-state index contributed by atoms with van der Waals surface area (Å²) >= 11 is 0. The third kappa shape index (κ3) is 3.25. The highest BCUT2D eigenvalue weighted by atomic mass is 16.4. The van der Waals surface area contributed by atoms with Crippen LogP contribution in [0.15, 0.2) is 12.7 Å². The van der Waals surface area contributed by atoms with Crippen LogP contribution in [-0.2, 0) is 9.59 Å². The Balaban J connectivity index is 4.31. The van der Waals surface area contributed by atoms with Gasteiger partial charge in [0.25, 0.3) is 5.91 Å². The highest BCUT2D eigenvalue weighted by Gasteiger charge is 2.28. The fourth-order valence-electron chi connectivity index (χ4n) is 0.497. The predicted molar refractivity (Wildman–Crippen MR) is 46.1 cm³/mol. The van der Waals surface area contributed by atoms with E-state index in [1.165, 1.54) is 13.8 Å². The van der Waals surface area contributed by atoms with Gasteiger partial charge in [-0.1, -0.05) is 12.7 Å². The Labute approximate surface area is 76.1 Å².